The average Bonchev–Trinajstić information content (AvgIpc) is 2.64. The summed E-state index contributed by atoms with van der Waals surface area (Å²) in [7, 11) is -2.58. The summed E-state index contributed by atoms with van der Waals surface area (Å²) in [5.41, 5.74) is 0. The fraction of sp³-hybridized carbons (Fsp3) is 0.235. The maximum Gasteiger partial charge on any atom is 0.343 e. The van der Waals surface area contributed by atoms with Gasteiger partial charge in [-0.3, -0.25) is 0 Å². The molecule has 2 aromatic rings. The van der Waals surface area contributed by atoms with E-state index in [4.69, 9.17) is 16.3 Å². The molecule has 0 radical (unpaired) electrons. The molecule has 0 fully saturated rings. The molecule has 2 rings (SSSR count). The van der Waals surface area contributed by atoms with Crippen molar-refractivity contribution in [3.05, 3.63) is 53.1 Å². The molecule has 2 aromatic carbocycles. The first-order chi connectivity index (χ1) is 13.2. The molecule has 1 N–H and O–H groups in total. The minimum Gasteiger partial charge on any atom is -0.476 e. The minimum absolute atomic E-state index is 0.0411. The van der Waals surface area contributed by atoms with Gasteiger partial charge in [-0.25, -0.2) is 26.7 Å². The molecule has 0 aliphatic rings. The van der Waals surface area contributed by atoms with E-state index in [1.165, 1.54) is 24.3 Å². The van der Waals surface area contributed by atoms with Gasteiger partial charge in [0.25, 0.3) is 0 Å². The van der Waals surface area contributed by atoms with Gasteiger partial charge in [-0.2, -0.15) is 0 Å². The number of thioether (sulfide) groups is 1. The number of nitrogens with one attached hydrogen (secondary N) is 1. The lowest BCUT2D eigenvalue weighted by molar-refractivity contribution is -0.143. The van der Waals surface area contributed by atoms with Gasteiger partial charge in [-0.1, -0.05) is 11.6 Å². The van der Waals surface area contributed by atoms with Crippen LogP contribution in [0.5, 0.6) is 5.75 Å². The van der Waals surface area contributed by atoms with E-state index >= 15 is 0 Å². The molecule has 11 heteroatoms. The van der Waals surface area contributed by atoms with Crippen LogP contribution in [0.15, 0.2) is 46.2 Å². The largest absolute Gasteiger partial charge is 0.476 e. The molecule has 0 atom stereocenters. The molecule has 0 aliphatic carbocycles. The summed E-state index contributed by atoms with van der Waals surface area (Å²) in [6.45, 7) is -0.581. The monoisotopic (exact) mass is 451 g/mol. The van der Waals surface area contributed by atoms with Crippen molar-refractivity contribution in [2.24, 2.45) is 0 Å². The summed E-state index contributed by atoms with van der Waals surface area (Å²) >= 11 is 6.77. The Kier molecular flexibility index (Phi) is 8.05. The van der Waals surface area contributed by atoms with Crippen molar-refractivity contribution < 1.29 is 31.5 Å². The first kappa shape index (κ1) is 22.4. The van der Waals surface area contributed by atoms with Crippen molar-refractivity contribution in [2.45, 2.75) is 9.79 Å². The first-order valence-electron chi connectivity index (χ1n) is 7.79. The highest BCUT2D eigenvalue weighted by molar-refractivity contribution is 7.99. The quantitative estimate of drug-likeness (QED) is 0.358. The number of esters is 1. The predicted molar refractivity (Wildman–Crippen MR) is 101 cm³/mol. The third-order valence-corrected chi connectivity index (χ3v) is 6.03. The Balaban J connectivity index is 1.90. The third kappa shape index (κ3) is 6.33. The topological polar surface area (TPSA) is 81.7 Å². The van der Waals surface area contributed by atoms with E-state index in [0.717, 1.165) is 31.0 Å². The van der Waals surface area contributed by atoms with Gasteiger partial charge < -0.3 is 9.47 Å². The van der Waals surface area contributed by atoms with Crippen molar-refractivity contribution >= 4 is 39.4 Å². The van der Waals surface area contributed by atoms with Crippen LogP contribution in [0.3, 0.4) is 0 Å². The summed E-state index contributed by atoms with van der Waals surface area (Å²) in [4.78, 5) is 11.3. The van der Waals surface area contributed by atoms with Gasteiger partial charge in [-0.05, 0) is 36.4 Å². The summed E-state index contributed by atoms with van der Waals surface area (Å²) in [6, 6.07) is 7.73. The standard InChI is InChI=1S/C17H16ClF2NO5S2/c1-25-16(22)10-26-17-14(19)8-12(9-15(17)20)27-7-6-21-28(23,24)13-4-2-11(18)3-5-13/h2-5,8-9,21H,6-7,10H2,1H3. The van der Waals surface area contributed by atoms with Crippen molar-refractivity contribution in [2.75, 3.05) is 26.0 Å². The Bertz CT molecular complexity index is 916. The highest BCUT2D eigenvalue weighted by atomic mass is 35.5. The fourth-order valence-electron chi connectivity index (χ4n) is 1.99. The summed E-state index contributed by atoms with van der Waals surface area (Å²) in [6.07, 6.45) is 0. The fourth-order valence-corrected chi connectivity index (χ4v) is 4.09. The lowest BCUT2D eigenvalue weighted by Gasteiger charge is -2.10. The zero-order valence-electron chi connectivity index (χ0n) is 14.6. The second-order valence-corrected chi connectivity index (χ2v) is 8.65. The average molecular weight is 452 g/mol. The number of methoxy groups -OCH3 is 1. The third-order valence-electron chi connectivity index (χ3n) is 3.32. The molecular formula is C17H16ClF2NO5S2. The number of ether oxygens (including phenoxy) is 2. The van der Waals surface area contributed by atoms with Gasteiger partial charge in [0.2, 0.25) is 10.0 Å². The Morgan fingerprint density at radius 3 is 2.36 bits per heavy atom. The van der Waals surface area contributed by atoms with Crippen LogP contribution in [0.1, 0.15) is 0 Å². The second kappa shape index (κ2) is 10.1. The van der Waals surface area contributed by atoms with Crippen molar-refractivity contribution in [1.29, 1.82) is 0 Å². The molecular weight excluding hydrogens is 436 g/mol. The van der Waals surface area contributed by atoms with Crippen molar-refractivity contribution in [3.63, 3.8) is 0 Å². The van der Waals surface area contributed by atoms with Gasteiger partial charge >= 0.3 is 5.97 Å². The highest BCUT2D eigenvalue weighted by Crippen LogP contribution is 2.28. The molecule has 0 aliphatic heterocycles. The SMILES string of the molecule is COC(=O)COc1c(F)cc(SCCNS(=O)(=O)c2ccc(Cl)cc2)cc1F. The Labute approximate surface area is 170 Å². The maximum atomic E-state index is 14.0. The van der Waals surface area contributed by atoms with Gasteiger partial charge in [0.05, 0.1) is 12.0 Å². The maximum absolute atomic E-state index is 14.0. The molecule has 0 heterocycles. The number of rotatable bonds is 9. The summed E-state index contributed by atoms with van der Waals surface area (Å²) < 4.78 is 63.7. The number of hydrogen-bond donors (Lipinski definition) is 1. The number of benzene rings is 2. The van der Waals surface area contributed by atoms with Crippen molar-refractivity contribution in [1.82, 2.24) is 4.72 Å². The smallest absolute Gasteiger partial charge is 0.343 e. The Morgan fingerprint density at radius 2 is 1.79 bits per heavy atom. The minimum atomic E-state index is -3.71. The van der Waals surface area contributed by atoms with E-state index in [-0.39, 0.29) is 22.1 Å². The van der Waals surface area contributed by atoms with Crippen molar-refractivity contribution in [3.8, 4) is 5.75 Å². The van der Waals surface area contributed by atoms with E-state index in [0.29, 0.717) is 5.02 Å². The van der Waals surface area contributed by atoms with E-state index < -0.39 is 40.0 Å². The van der Waals surface area contributed by atoms with Gasteiger partial charge in [0.1, 0.15) is 0 Å². The zero-order valence-corrected chi connectivity index (χ0v) is 17.0. The molecule has 0 amide bonds. The molecule has 28 heavy (non-hydrogen) atoms. The Hall–Kier alpha value is -1.88. The molecule has 0 bridgehead atoms. The van der Waals surface area contributed by atoms with Crippen LogP contribution in [0.2, 0.25) is 5.02 Å². The highest BCUT2D eigenvalue weighted by Gasteiger charge is 2.16. The number of hydrogen-bond acceptors (Lipinski definition) is 6. The summed E-state index contributed by atoms with van der Waals surface area (Å²) in [5, 5.41) is 0.414. The Morgan fingerprint density at radius 1 is 1.18 bits per heavy atom. The number of sulfonamides is 1. The van der Waals surface area contributed by atoms with Gasteiger partial charge in [0, 0.05) is 22.2 Å². The van der Waals surface area contributed by atoms with Crippen LogP contribution >= 0.6 is 23.4 Å². The van der Waals surface area contributed by atoms with Crippen LogP contribution in [0, 0.1) is 11.6 Å². The molecule has 0 saturated carbocycles. The molecule has 152 valence electrons. The van der Waals surface area contributed by atoms with Crippen LogP contribution in [-0.4, -0.2) is 40.4 Å². The predicted octanol–water partition coefficient (Wildman–Crippen LogP) is 3.24. The van der Waals surface area contributed by atoms with E-state index in [1.54, 1.807) is 0 Å². The van der Waals surface area contributed by atoms with E-state index in [9.17, 15) is 22.0 Å². The zero-order chi connectivity index (χ0) is 20.7. The van der Waals surface area contributed by atoms with Crippen LogP contribution < -0.4 is 9.46 Å². The van der Waals surface area contributed by atoms with Crippen LogP contribution in [0.25, 0.3) is 0 Å². The summed E-state index contributed by atoms with van der Waals surface area (Å²) in [5.74, 6) is -3.18. The van der Waals surface area contributed by atoms with E-state index in [2.05, 4.69) is 9.46 Å². The first-order valence-corrected chi connectivity index (χ1v) is 10.6. The lowest BCUT2D eigenvalue weighted by atomic mass is 10.3. The molecule has 0 saturated heterocycles. The van der Waals surface area contributed by atoms with Crippen LogP contribution in [-0.2, 0) is 19.6 Å². The number of halogens is 3. The second-order valence-electron chi connectivity index (χ2n) is 5.28. The van der Waals surface area contributed by atoms with Gasteiger partial charge in [-0.15, -0.1) is 11.8 Å². The molecule has 0 spiro atoms. The number of carbonyl (C=O) groups is 1. The van der Waals surface area contributed by atoms with Crippen LogP contribution in [0.4, 0.5) is 8.78 Å². The molecule has 0 aromatic heterocycles. The normalized spacial score (nSPS) is 11.3. The number of carbonyl (C=O) groups excluding carboxylic acids is 1. The van der Waals surface area contributed by atoms with Gasteiger partial charge in [0.15, 0.2) is 24.0 Å². The molecule has 0 unspecified atom stereocenters. The van der Waals surface area contributed by atoms with E-state index in [1.807, 2.05) is 0 Å². The lowest BCUT2D eigenvalue weighted by Crippen LogP contribution is -2.26. The molecule has 6 nitrogen and oxygen atoms in total.